The van der Waals surface area contributed by atoms with Crippen LogP contribution in [0.2, 0.25) is 0 Å². The zero-order valence-corrected chi connectivity index (χ0v) is 11.9. The molecule has 0 heterocycles. The number of allylic oxidation sites excluding steroid dienone is 3. The lowest BCUT2D eigenvalue weighted by atomic mass is 9.91. The van der Waals surface area contributed by atoms with Gasteiger partial charge in [-0.1, -0.05) is 43.7 Å². The Labute approximate surface area is 106 Å². The first-order valence-corrected chi connectivity index (χ1v) is 6.40. The van der Waals surface area contributed by atoms with Gasteiger partial charge in [0.1, 0.15) is 0 Å². The van der Waals surface area contributed by atoms with Crippen LogP contribution in [0.1, 0.15) is 48.9 Å². The van der Waals surface area contributed by atoms with Gasteiger partial charge in [-0.2, -0.15) is 0 Å². The fourth-order valence-corrected chi connectivity index (χ4v) is 2.16. The fraction of sp³-hybridized carbons (Fsp3) is 0.412. The number of benzene rings is 1. The van der Waals surface area contributed by atoms with E-state index in [1.54, 1.807) is 0 Å². The molecule has 0 saturated heterocycles. The average Bonchev–Trinajstić information content (AvgIpc) is 2.25. The maximum absolute atomic E-state index is 4.00. The van der Waals surface area contributed by atoms with Gasteiger partial charge in [-0.15, -0.1) is 0 Å². The van der Waals surface area contributed by atoms with Gasteiger partial charge in [0, 0.05) is 0 Å². The van der Waals surface area contributed by atoms with E-state index in [1.807, 2.05) is 0 Å². The summed E-state index contributed by atoms with van der Waals surface area (Å²) < 4.78 is 0. The molecule has 0 aromatic heterocycles. The zero-order valence-electron chi connectivity index (χ0n) is 11.9. The average molecular weight is 228 g/mol. The Morgan fingerprint density at radius 2 is 1.82 bits per heavy atom. The summed E-state index contributed by atoms with van der Waals surface area (Å²) in [5, 5.41) is 0. The lowest BCUT2D eigenvalue weighted by Crippen LogP contribution is -1.95. The summed E-state index contributed by atoms with van der Waals surface area (Å²) in [6, 6.07) is 4.47. The van der Waals surface area contributed by atoms with E-state index in [9.17, 15) is 0 Å². The maximum Gasteiger partial charge on any atom is -0.0192 e. The van der Waals surface area contributed by atoms with Crippen LogP contribution in [-0.2, 0) is 0 Å². The molecule has 0 saturated carbocycles. The van der Waals surface area contributed by atoms with E-state index in [4.69, 9.17) is 0 Å². The molecule has 0 aliphatic heterocycles. The van der Waals surface area contributed by atoms with Gasteiger partial charge in [-0.3, -0.25) is 0 Å². The highest BCUT2D eigenvalue weighted by atomic mass is 14.1. The molecule has 0 heteroatoms. The van der Waals surface area contributed by atoms with Gasteiger partial charge in [0.15, 0.2) is 0 Å². The SMILES string of the molecule is C=C(C)/C=C(/CCC)c1ccc(C)c(C)c1C. The molecule has 1 aromatic carbocycles. The summed E-state index contributed by atoms with van der Waals surface area (Å²) in [4.78, 5) is 0. The third kappa shape index (κ3) is 3.33. The van der Waals surface area contributed by atoms with Crippen LogP contribution in [0.25, 0.3) is 5.57 Å². The van der Waals surface area contributed by atoms with Crippen molar-refractivity contribution in [3.63, 3.8) is 0 Å². The molecule has 92 valence electrons. The van der Waals surface area contributed by atoms with Crippen molar-refractivity contribution in [1.82, 2.24) is 0 Å². The van der Waals surface area contributed by atoms with Crippen molar-refractivity contribution in [2.45, 2.75) is 47.5 Å². The molecule has 17 heavy (non-hydrogen) atoms. The minimum Gasteiger partial charge on any atom is -0.0961 e. The van der Waals surface area contributed by atoms with Crippen molar-refractivity contribution in [2.24, 2.45) is 0 Å². The second-order valence-corrected chi connectivity index (χ2v) is 4.95. The Morgan fingerprint density at radius 3 is 2.35 bits per heavy atom. The van der Waals surface area contributed by atoms with Gasteiger partial charge >= 0.3 is 0 Å². The third-order valence-electron chi connectivity index (χ3n) is 3.34. The number of aryl methyl sites for hydroxylation is 1. The van der Waals surface area contributed by atoms with Gasteiger partial charge in [0.05, 0.1) is 0 Å². The first kappa shape index (κ1) is 13.8. The quantitative estimate of drug-likeness (QED) is 0.608. The van der Waals surface area contributed by atoms with Gasteiger partial charge in [-0.25, -0.2) is 0 Å². The molecule has 1 rings (SSSR count). The maximum atomic E-state index is 4.00. The second-order valence-electron chi connectivity index (χ2n) is 4.95. The topological polar surface area (TPSA) is 0 Å². The van der Waals surface area contributed by atoms with Crippen LogP contribution in [0.4, 0.5) is 0 Å². The Hall–Kier alpha value is -1.30. The number of hydrogen-bond acceptors (Lipinski definition) is 0. The summed E-state index contributed by atoms with van der Waals surface area (Å²) in [5.41, 5.74) is 8.12. The van der Waals surface area contributed by atoms with Crippen molar-refractivity contribution in [3.8, 4) is 0 Å². The lowest BCUT2D eigenvalue weighted by molar-refractivity contribution is 0.969. The van der Waals surface area contributed by atoms with Crippen molar-refractivity contribution in [3.05, 3.63) is 52.6 Å². The van der Waals surface area contributed by atoms with Crippen LogP contribution in [0.5, 0.6) is 0 Å². The Morgan fingerprint density at radius 1 is 1.18 bits per heavy atom. The molecule has 0 bridgehead atoms. The van der Waals surface area contributed by atoms with Crippen LogP contribution in [0.3, 0.4) is 0 Å². The van der Waals surface area contributed by atoms with E-state index in [0.29, 0.717) is 0 Å². The zero-order chi connectivity index (χ0) is 13.0. The number of rotatable bonds is 4. The summed E-state index contributed by atoms with van der Waals surface area (Å²) >= 11 is 0. The normalized spacial score (nSPS) is 11.7. The summed E-state index contributed by atoms with van der Waals surface area (Å²) in [5.74, 6) is 0. The fourth-order valence-electron chi connectivity index (χ4n) is 2.16. The van der Waals surface area contributed by atoms with Gasteiger partial charge < -0.3 is 0 Å². The molecule has 0 atom stereocenters. The molecular formula is C17H24. The van der Waals surface area contributed by atoms with E-state index in [0.717, 1.165) is 12.0 Å². The predicted octanol–water partition coefficient (Wildman–Crippen LogP) is 5.37. The van der Waals surface area contributed by atoms with Crippen molar-refractivity contribution >= 4 is 5.57 Å². The van der Waals surface area contributed by atoms with Crippen LogP contribution in [0.15, 0.2) is 30.4 Å². The third-order valence-corrected chi connectivity index (χ3v) is 3.34. The summed E-state index contributed by atoms with van der Waals surface area (Å²) in [6.45, 7) is 14.9. The van der Waals surface area contributed by atoms with Crippen LogP contribution >= 0.6 is 0 Å². The monoisotopic (exact) mass is 228 g/mol. The summed E-state index contributed by atoms with van der Waals surface area (Å²) in [7, 11) is 0. The molecule has 0 aliphatic carbocycles. The molecule has 0 amide bonds. The molecule has 0 radical (unpaired) electrons. The summed E-state index contributed by atoms with van der Waals surface area (Å²) in [6.07, 6.45) is 4.52. The van der Waals surface area contributed by atoms with E-state index >= 15 is 0 Å². The minimum atomic E-state index is 1.12. The van der Waals surface area contributed by atoms with Crippen molar-refractivity contribution in [1.29, 1.82) is 0 Å². The lowest BCUT2D eigenvalue weighted by Gasteiger charge is -2.14. The van der Waals surface area contributed by atoms with Crippen LogP contribution in [0, 0.1) is 20.8 Å². The largest absolute Gasteiger partial charge is 0.0961 e. The molecule has 0 aliphatic rings. The number of hydrogen-bond donors (Lipinski definition) is 0. The predicted molar refractivity (Wildman–Crippen MR) is 78.4 cm³/mol. The van der Waals surface area contributed by atoms with Gasteiger partial charge in [0.2, 0.25) is 0 Å². The minimum absolute atomic E-state index is 1.12. The van der Waals surface area contributed by atoms with E-state index in [1.165, 1.54) is 34.2 Å². The van der Waals surface area contributed by atoms with Crippen molar-refractivity contribution in [2.75, 3.05) is 0 Å². The van der Waals surface area contributed by atoms with Crippen molar-refractivity contribution < 1.29 is 0 Å². The first-order chi connectivity index (χ1) is 7.97. The van der Waals surface area contributed by atoms with E-state index in [-0.39, 0.29) is 0 Å². The van der Waals surface area contributed by atoms with E-state index < -0.39 is 0 Å². The highest BCUT2D eigenvalue weighted by Crippen LogP contribution is 2.27. The van der Waals surface area contributed by atoms with Crippen LogP contribution < -0.4 is 0 Å². The molecule has 0 unspecified atom stereocenters. The highest BCUT2D eigenvalue weighted by molar-refractivity contribution is 5.71. The second kappa shape index (κ2) is 5.86. The molecule has 0 spiro atoms. The van der Waals surface area contributed by atoms with Crippen LogP contribution in [-0.4, -0.2) is 0 Å². The van der Waals surface area contributed by atoms with Gasteiger partial charge in [-0.05, 0) is 61.9 Å². The van der Waals surface area contributed by atoms with E-state index in [2.05, 4.69) is 59.4 Å². The Kier molecular flexibility index (Phi) is 4.74. The molecular weight excluding hydrogens is 204 g/mol. The highest BCUT2D eigenvalue weighted by Gasteiger charge is 2.07. The molecule has 1 aromatic rings. The van der Waals surface area contributed by atoms with Gasteiger partial charge in [0.25, 0.3) is 0 Å². The molecule has 0 N–H and O–H groups in total. The first-order valence-electron chi connectivity index (χ1n) is 6.40. The molecule has 0 fully saturated rings. The molecule has 0 nitrogen and oxygen atoms in total. The standard InChI is InChI=1S/C17H24/c1-7-8-16(11-12(2)3)17-10-9-13(4)14(5)15(17)6/h9-11H,2,7-8H2,1,3-6H3/b16-11-. The Balaban J connectivity index is 3.29. The Bertz CT molecular complexity index is 447. The smallest absolute Gasteiger partial charge is 0.0192 e.